The Morgan fingerprint density at radius 2 is 2.16 bits per heavy atom. The number of nitrogen functional groups attached to an aromatic ring is 1. The van der Waals surface area contributed by atoms with Crippen molar-refractivity contribution in [1.29, 1.82) is 5.41 Å². The van der Waals surface area contributed by atoms with E-state index in [0.717, 1.165) is 12.2 Å². The summed E-state index contributed by atoms with van der Waals surface area (Å²) in [5, 5.41) is 19.7. The van der Waals surface area contributed by atoms with Gasteiger partial charge in [0.05, 0.1) is 13.1 Å². The van der Waals surface area contributed by atoms with E-state index in [1.807, 2.05) is 12.1 Å². The van der Waals surface area contributed by atoms with Crippen LogP contribution in [-0.4, -0.2) is 42.0 Å². The molecule has 5 N–H and O–H groups in total. The molecule has 1 aromatic rings. The zero-order chi connectivity index (χ0) is 14.0. The summed E-state index contributed by atoms with van der Waals surface area (Å²) in [5.74, 6) is -0.864. The molecule has 1 fully saturated rings. The van der Waals surface area contributed by atoms with Crippen molar-refractivity contribution in [3.63, 3.8) is 0 Å². The SMILES string of the molecule is N=C(N)c1ccc([N+]2(CC(=O)O)CCNC2S)cc1. The molecule has 2 atom stereocenters. The van der Waals surface area contributed by atoms with Crippen LogP contribution in [0.1, 0.15) is 5.56 Å². The van der Waals surface area contributed by atoms with Gasteiger partial charge in [0.1, 0.15) is 11.5 Å². The van der Waals surface area contributed by atoms with Gasteiger partial charge in [-0.2, -0.15) is 0 Å². The van der Waals surface area contributed by atoms with Gasteiger partial charge in [-0.15, -0.1) is 0 Å². The maximum Gasteiger partial charge on any atom is 0.359 e. The van der Waals surface area contributed by atoms with Gasteiger partial charge in [-0.3, -0.25) is 15.2 Å². The summed E-state index contributed by atoms with van der Waals surface area (Å²) in [6, 6.07) is 7.10. The van der Waals surface area contributed by atoms with E-state index in [-0.39, 0.29) is 22.4 Å². The lowest BCUT2D eigenvalue weighted by molar-refractivity contribution is -0.138. The molecule has 0 amide bonds. The minimum Gasteiger partial charge on any atom is -0.477 e. The first kappa shape index (κ1) is 13.9. The Morgan fingerprint density at radius 1 is 1.53 bits per heavy atom. The van der Waals surface area contributed by atoms with E-state index in [9.17, 15) is 4.79 Å². The lowest BCUT2D eigenvalue weighted by atomic mass is 10.1. The summed E-state index contributed by atoms with van der Waals surface area (Å²) >= 11 is 4.46. The molecule has 0 aliphatic carbocycles. The topological polar surface area (TPSA) is 99.2 Å². The Kier molecular flexibility index (Phi) is 3.79. The number of thiol groups is 1. The Labute approximate surface area is 116 Å². The number of hydrogen-bond donors (Lipinski definition) is 5. The molecular formula is C12H17N4O2S+. The van der Waals surface area contributed by atoms with Crippen LogP contribution < -0.4 is 15.5 Å². The normalized spacial score (nSPS) is 26.3. The van der Waals surface area contributed by atoms with Crippen LogP contribution in [0.2, 0.25) is 0 Å². The van der Waals surface area contributed by atoms with Crippen LogP contribution in [0.3, 0.4) is 0 Å². The molecule has 102 valence electrons. The van der Waals surface area contributed by atoms with E-state index in [0.29, 0.717) is 12.1 Å². The van der Waals surface area contributed by atoms with E-state index in [1.165, 1.54) is 0 Å². The highest BCUT2D eigenvalue weighted by atomic mass is 32.1. The molecular weight excluding hydrogens is 264 g/mol. The predicted octanol–water partition coefficient (Wildman–Crippen LogP) is 0.179. The van der Waals surface area contributed by atoms with Crippen molar-refractivity contribution >= 4 is 30.1 Å². The van der Waals surface area contributed by atoms with Gasteiger partial charge in [-0.1, -0.05) is 12.6 Å². The van der Waals surface area contributed by atoms with Crippen LogP contribution >= 0.6 is 12.6 Å². The molecule has 1 aliphatic rings. The highest BCUT2D eigenvalue weighted by Gasteiger charge is 2.43. The summed E-state index contributed by atoms with van der Waals surface area (Å²) < 4.78 is 0.247. The van der Waals surface area contributed by atoms with Crippen LogP contribution in [0.5, 0.6) is 0 Å². The van der Waals surface area contributed by atoms with Gasteiger partial charge < -0.3 is 10.8 Å². The quantitative estimate of drug-likeness (QED) is 0.235. The number of aliphatic carboxylic acids is 1. The minimum atomic E-state index is -0.863. The Morgan fingerprint density at radius 3 is 2.58 bits per heavy atom. The molecule has 1 heterocycles. The van der Waals surface area contributed by atoms with Crippen LogP contribution in [0.25, 0.3) is 0 Å². The zero-order valence-electron chi connectivity index (χ0n) is 10.3. The summed E-state index contributed by atoms with van der Waals surface area (Å²) in [6.45, 7) is 1.36. The van der Waals surface area contributed by atoms with E-state index < -0.39 is 5.97 Å². The molecule has 0 spiro atoms. The predicted molar refractivity (Wildman–Crippen MR) is 77.4 cm³/mol. The number of carbonyl (C=O) groups is 1. The van der Waals surface area contributed by atoms with Crippen molar-refractivity contribution in [1.82, 2.24) is 9.80 Å². The fraction of sp³-hybridized carbons (Fsp3) is 0.333. The largest absolute Gasteiger partial charge is 0.477 e. The fourth-order valence-electron chi connectivity index (χ4n) is 2.40. The molecule has 0 aromatic heterocycles. The monoisotopic (exact) mass is 281 g/mol. The summed E-state index contributed by atoms with van der Waals surface area (Å²) in [5.41, 5.74) is 6.65. The van der Waals surface area contributed by atoms with Gasteiger partial charge in [0.25, 0.3) is 0 Å². The molecule has 6 nitrogen and oxygen atoms in total. The number of rotatable bonds is 4. The van der Waals surface area contributed by atoms with Crippen LogP contribution in [0.4, 0.5) is 5.69 Å². The molecule has 1 aliphatic heterocycles. The number of nitrogens with zero attached hydrogens (tertiary/aromatic N) is 1. The van der Waals surface area contributed by atoms with Crippen LogP contribution in [-0.2, 0) is 4.79 Å². The standard InChI is InChI=1S/C12H16N4O2S/c13-11(14)8-1-3-9(4-2-8)16(7-10(17)18)6-5-15-12(16)19/h1-4,12,15H,5-7H2,(H4-,13,14,17,18,19)/p+1. The van der Waals surface area contributed by atoms with Gasteiger partial charge in [0.15, 0.2) is 12.0 Å². The molecule has 1 saturated heterocycles. The maximum absolute atomic E-state index is 11.1. The van der Waals surface area contributed by atoms with Crippen molar-refractivity contribution in [3.8, 4) is 0 Å². The Balaban J connectivity index is 2.38. The first-order valence-corrected chi connectivity index (χ1v) is 6.42. The average Bonchev–Trinajstić information content (AvgIpc) is 2.71. The van der Waals surface area contributed by atoms with Crippen molar-refractivity contribution in [2.45, 2.75) is 5.50 Å². The van der Waals surface area contributed by atoms with Crippen molar-refractivity contribution < 1.29 is 9.90 Å². The first-order valence-electron chi connectivity index (χ1n) is 5.91. The van der Waals surface area contributed by atoms with Crippen molar-refractivity contribution in [3.05, 3.63) is 29.8 Å². The van der Waals surface area contributed by atoms with E-state index in [2.05, 4.69) is 17.9 Å². The summed E-state index contributed by atoms with van der Waals surface area (Å²) in [7, 11) is 0. The average molecular weight is 281 g/mol. The van der Waals surface area contributed by atoms with Crippen molar-refractivity contribution in [2.24, 2.45) is 5.73 Å². The minimum absolute atomic E-state index is 0.00157. The lowest BCUT2D eigenvalue weighted by Crippen LogP contribution is -2.56. The van der Waals surface area contributed by atoms with Gasteiger partial charge in [-0.25, -0.2) is 4.79 Å². The number of carboxylic acids is 1. The molecule has 19 heavy (non-hydrogen) atoms. The van der Waals surface area contributed by atoms with E-state index in [1.54, 1.807) is 12.1 Å². The van der Waals surface area contributed by atoms with Gasteiger partial charge in [0, 0.05) is 5.56 Å². The number of quaternary nitrogens is 1. The highest BCUT2D eigenvalue weighted by molar-refractivity contribution is 7.80. The smallest absolute Gasteiger partial charge is 0.359 e. The third-order valence-electron chi connectivity index (χ3n) is 3.42. The zero-order valence-corrected chi connectivity index (χ0v) is 11.2. The molecule has 0 bridgehead atoms. The van der Waals surface area contributed by atoms with E-state index in [4.69, 9.17) is 16.2 Å². The molecule has 0 saturated carbocycles. The number of nitrogens with two attached hydrogens (primary N) is 1. The Hall–Kier alpha value is -1.57. The molecule has 2 unspecified atom stereocenters. The maximum atomic E-state index is 11.1. The van der Waals surface area contributed by atoms with Gasteiger partial charge >= 0.3 is 5.97 Å². The second-order valence-corrected chi connectivity index (χ2v) is 5.09. The highest BCUT2D eigenvalue weighted by Crippen LogP contribution is 2.30. The molecule has 7 heteroatoms. The number of hydrogen-bond acceptors (Lipinski definition) is 4. The van der Waals surface area contributed by atoms with E-state index >= 15 is 0 Å². The fourth-order valence-corrected chi connectivity index (χ4v) is 2.86. The van der Waals surface area contributed by atoms with Gasteiger partial charge in [-0.05, 0) is 24.3 Å². The number of nitrogens with one attached hydrogen (secondary N) is 2. The van der Waals surface area contributed by atoms with Crippen LogP contribution in [0.15, 0.2) is 24.3 Å². The van der Waals surface area contributed by atoms with Crippen LogP contribution in [0, 0.1) is 5.41 Å². The third-order valence-corrected chi connectivity index (χ3v) is 4.04. The lowest BCUT2D eigenvalue weighted by Gasteiger charge is -2.35. The molecule has 0 radical (unpaired) electrons. The Bertz CT molecular complexity index is 505. The number of carboxylic acid groups (broad SMARTS) is 1. The number of benzene rings is 1. The molecule has 2 rings (SSSR count). The van der Waals surface area contributed by atoms with Gasteiger partial charge in [0.2, 0.25) is 0 Å². The summed E-state index contributed by atoms with van der Waals surface area (Å²) in [6.07, 6.45) is 0. The second-order valence-electron chi connectivity index (χ2n) is 4.60. The first-order chi connectivity index (χ1) is 8.95. The second kappa shape index (κ2) is 5.20. The molecule has 1 aromatic carbocycles. The van der Waals surface area contributed by atoms with Crippen molar-refractivity contribution in [2.75, 3.05) is 19.6 Å². The third kappa shape index (κ3) is 2.58. The summed E-state index contributed by atoms with van der Waals surface area (Å²) in [4.78, 5) is 11.1. The number of amidine groups is 1.